The first kappa shape index (κ1) is 23.6. The van der Waals surface area contributed by atoms with E-state index in [1.165, 1.54) is 12.8 Å². The number of hydrogen-bond acceptors (Lipinski definition) is 6. The van der Waals surface area contributed by atoms with Gasteiger partial charge in [-0.15, -0.1) is 0 Å². The largest absolute Gasteiger partial charge is 0.477 e. The monoisotopic (exact) mass is 486 g/mol. The Balaban J connectivity index is 1.57. The van der Waals surface area contributed by atoms with Crippen LogP contribution in [0.3, 0.4) is 0 Å². The summed E-state index contributed by atoms with van der Waals surface area (Å²) >= 11 is 13.0. The summed E-state index contributed by atoms with van der Waals surface area (Å²) in [5.74, 6) is -1.06. The highest BCUT2D eigenvalue weighted by Gasteiger charge is 2.24. The number of urea groups is 1. The third-order valence-corrected chi connectivity index (χ3v) is 6.48. The van der Waals surface area contributed by atoms with Gasteiger partial charge in [-0.25, -0.2) is 9.59 Å². The van der Waals surface area contributed by atoms with Gasteiger partial charge in [-0.3, -0.25) is 5.32 Å². The number of carbonyl (C=O) groups is 2. The van der Waals surface area contributed by atoms with Gasteiger partial charge in [0.15, 0.2) is 5.56 Å². The van der Waals surface area contributed by atoms with Crippen molar-refractivity contribution in [1.82, 2.24) is 14.6 Å². The van der Waals surface area contributed by atoms with E-state index in [-0.39, 0.29) is 29.0 Å². The molecule has 1 saturated heterocycles. The number of nitrogens with one attached hydrogen (secondary N) is 2. The number of carboxylic acids is 1. The van der Waals surface area contributed by atoms with E-state index in [4.69, 9.17) is 27.9 Å². The summed E-state index contributed by atoms with van der Waals surface area (Å²) in [5, 5.41) is 15.7. The molecule has 2 heterocycles. The second-order valence-corrected chi connectivity index (χ2v) is 9.01. The van der Waals surface area contributed by atoms with E-state index in [2.05, 4.69) is 26.8 Å². The average molecular weight is 487 g/mol. The molecule has 11 heteroatoms. The number of rotatable bonds is 9. The molecule has 1 aliphatic heterocycles. The fraction of sp³-hybridized carbons (Fsp3) is 0.450. The molecule has 0 saturated carbocycles. The van der Waals surface area contributed by atoms with Crippen LogP contribution in [-0.4, -0.2) is 52.6 Å². The SMILES string of the molecule is CC(CNC(=O)Nc1snc(OCc2cccc(Cl)c2Cl)c1C(=O)O)CN1CCCC1. The third kappa shape index (κ3) is 6.46. The maximum Gasteiger partial charge on any atom is 0.344 e. The van der Waals surface area contributed by atoms with E-state index < -0.39 is 12.0 Å². The summed E-state index contributed by atoms with van der Waals surface area (Å²) in [6, 6.07) is 4.60. The van der Waals surface area contributed by atoms with Crippen molar-refractivity contribution >= 4 is 51.7 Å². The number of carbonyl (C=O) groups excluding carboxylic acids is 1. The van der Waals surface area contributed by atoms with Crippen LogP contribution in [-0.2, 0) is 6.61 Å². The first-order valence-corrected chi connectivity index (χ1v) is 11.4. The Morgan fingerprint density at radius 2 is 2.06 bits per heavy atom. The molecule has 1 aliphatic rings. The van der Waals surface area contributed by atoms with Crippen molar-refractivity contribution in [3.63, 3.8) is 0 Å². The molecule has 1 fully saturated rings. The number of hydrogen-bond donors (Lipinski definition) is 3. The number of amides is 2. The quantitative estimate of drug-likeness (QED) is 0.479. The molecule has 8 nitrogen and oxygen atoms in total. The smallest absolute Gasteiger partial charge is 0.344 e. The minimum atomic E-state index is -1.25. The van der Waals surface area contributed by atoms with Crippen molar-refractivity contribution in [2.24, 2.45) is 5.92 Å². The standard InChI is InChI=1S/C20H24Cl2N4O4S/c1-12(10-26-7-2-3-8-26)9-23-20(29)24-18-15(19(27)28)17(25-31-18)30-11-13-5-4-6-14(21)16(13)22/h4-6,12H,2-3,7-11H2,1H3,(H,27,28)(H2,23,24,29). The topological polar surface area (TPSA) is 104 Å². The van der Waals surface area contributed by atoms with Crippen LogP contribution in [0.15, 0.2) is 18.2 Å². The van der Waals surface area contributed by atoms with Crippen LogP contribution in [0.2, 0.25) is 10.0 Å². The van der Waals surface area contributed by atoms with E-state index >= 15 is 0 Å². The number of ether oxygens (including phenoxy) is 1. The number of nitrogens with zero attached hydrogens (tertiary/aromatic N) is 2. The Bertz CT molecular complexity index is 934. The molecule has 3 N–H and O–H groups in total. The third-order valence-electron chi connectivity index (χ3n) is 4.88. The van der Waals surface area contributed by atoms with Crippen LogP contribution < -0.4 is 15.4 Å². The van der Waals surface area contributed by atoms with Gasteiger partial charge in [-0.2, -0.15) is 4.37 Å². The number of likely N-dealkylation sites (tertiary alicyclic amines) is 1. The average Bonchev–Trinajstić information content (AvgIpc) is 3.37. The van der Waals surface area contributed by atoms with Crippen molar-refractivity contribution < 1.29 is 19.4 Å². The maximum atomic E-state index is 12.3. The number of anilines is 1. The van der Waals surface area contributed by atoms with Gasteiger partial charge in [-0.1, -0.05) is 42.3 Å². The van der Waals surface area contributed by atoms with E-state index in [1.807, 2.05) is 0 Å². The molecule has 3 rings (SSSR count). The van der Waals surface area contributed by atoms with Crippen molar-refractivity contribution in [2.75, 3.05) is 31.5 Å². The molecule has 0 radical (unpaired) electrons. The van der Waals surface area contributed by atoms with Crippen LogP contribution >= 0.6 is 34.7 Å². The molecule has 0 spiro atoms. The Hall–Kier alpha value is -2.07. The summed E-state index contributed by atoms with van der Waals surface area (Å²) in [7, 11) is 0. The van der Waals surface area contributed by atoms with Crippen LogP contribution in [0.1, 0.15) is 35.7 Å². The lowest BCUT2D eigenvalue weighted by atomic mass is 10.1. The van der Waals surface area contributed by atoms with Gasteiger partial charge in [0.25, 0.3) is 0 Å². The first-order chi connectivity index (χ1) is 14.8. The Morgan fingerprint density at radius 3 is 2.77 bits per heavy atom. The molecule has 31 heavy (non-hydrogen) atoms. The number of aromatic carboxylic acids is 1. The zero-order chi connectivity index (χ0) is 22.4. The minimum Gasteiger partial charge on any atom is -0.477 e. The number of halogens is 2. The number of benzene rings is 1. The normalized spacial score (nSPS) is 14.9. The van der Waals surface area contributed by atoms with Gasteiger partial charge in [0.05, 0.1) is 10.0 Å². The molecule has 0 bridgehead atoms. The van der Waals surface area contributed by atoms with E-state index in [9.17, 15) is 14.7 Å². The Kier molecular flexibility index (Phi) is 8.36. The van der Waals surface area contributed by atoms with Crippen LogP contribution in [0, 0.1) is 5.92 Å². The van der Waals surface area contributed by atoms with Gasteiger partial charge in [0.2, 0.25) is 5.88 Å². The second kappa shape index (κ2) is 11.0. The lowest BCUT2D eigenvalue weighted by Crippen LogP contribution is -2.36. The fourth-order valence-electron chi connectivity index (χ4n) is 3.34. The van der Waals surface area contributed by atoms with Crippen LogP contribution in [0.25, 0.3) is 0 Å². The molecule has 0 aliphatic carbocycles. The van der Waals surface area contributed by atoms with Crippen molar-refractivity contribution in [1.29, 1.82) is 0 Å². The predicted octanol–water partition coefficient (Wildman–Crippen LogP) is 4.58. The molecule has 1 aromatic carbocycles. The molecule has 2 aromatic rings. The molecule has 1 unspecified atom stereocenters. The molecule has 2 amide bonds. The van der Waals surface area contributed by atoms with Gasteiger partial charge in [-0.05, 0) is 49.4 Å². The molecule has 1 atom stereocenters. The van der Waals surface area contributed by atoms with E-state index in [0.717, 1.165) is 31.2 Å². The van der Waals surface area contributed by atoms with Gasteiger partial charge in [0.1, 0.15) is 11.6 Å². The highest BCUT2D eigenvalue weighted by atomic mass is 35.5. The summed E-state index contributed by atoms with van der Waals surface area (Å²) in [6.45, 7) is 5.67. The summed E-state index contributed by atoms with van der Waals surface area (Å²) in [5.41, 5.74) is 0.390. The van der Waals surface area contributed by atoms with Crippen molar-refractivity contribution in [3.05, 3.63) is 39.4 Å². The molecular weight excluding hydrogens is 463 g/mol. The minimum absolute atomic E-state index is 0.0109. The summed E-state index contributed by atoms with van der Waals surface area (Å²) < 4.78 is 9.59. The summed E-state index contributed by atoms with van der Waals surface area (Å²) in [4.78, 5) is 26.4. The molecule has 1 aromatic heterocycles. The predicted molar refractivity (Wildman–Crippen MR) is 122 cm³/mol. The van der Waals surface area contributed by atoms with Gasteiger partial charge < -0.3 is 20.1 Å². The highest BCUT2D eigenvalue weighted by Crippen LogP contribution is 2.32. The van der Waals surface area contributed by atoms with E-state index in [1.54, 1.807) is 18.2 Å². The lowest BCUT2D eigenvalue weighted by molar-refractivity contribution is 0.0693. The van der Waals surface area contributed by atoms with E-state index in [0.29, 0.717) is 22.2 Å². The molecule has 168 valence electrons. The zero-order valence-electron chi connectivity index (χ0n) is 17.0. The van der Waals surface area contributed by atoms with Crippen molar-refractivity contribution in [3.8, 4) is 5.88 Å². The maximum absolute atomic E-state index is 12.3. The fourth-order valence-corrected chi connectivity index (χ4v) is 4.44. The zero-order valence-corrected chi connectivity index (χ0v) is 19.3. The Morgan fingerprint density at radius 1 is 1.32 bits per heavy atom. The number of carboxylic acid groups (broad SMARTS) is 1. The molecular formula is C20H24Cl2N4O4S. The number of aromatic nitrogens is 1. The van der Waals surface area contributed by atoms with Gasteiger partial charge >= 0.3 is 12.0 Å². The highest BCUT2D eigenvalue weighted by molar-refractivity contribution is 7.11. The van der Waals surface area contributed by atoms with Gasteiger partial charge in [0, 0.05) is 18.7 Å². The van der Waals surface area contributed by atoms with Crippen LogP contribution in [0.5, 0.6) is 5.88 Å². The summed E-state index contributed by atoms with van der Waals surface area (Å²) in [6.07, 6.45) is 2.44. The lowest BCUT2D eigenvalue weighted by Gasteiger charge is -2.20. The van der Waals surface area contributed by atoms with Crippen LogP contribution in [0.4, 0.5) is 9.80 Å². The van der Waals surface area contributed by atoms with Crippen molar-refractivity contribution in [2.45, 2.75) is 26.4 Å². The second-order valence-electron chi connectivity index (χ2n) is 7.45. The first-order valence-electron chi connectivity index (χ1n) is 9.91. The Labute approximate surface area is 194 Å².